The molecule has 166 valence electrons. The fourth-order valence-electron chi connectivity index (χ4n) is 3.28. The maximum atomic E-state index is 5.49. The minimum absolute atomic E-state index is 0. The van der Waals surface area contributed by atoms with E-state index in [1.807, 2.05) is 37.4 Å². The molecule has 0 atom stereocenters. The number of fused-ring (bicyclic) bond motifs is 1. The first-order valence-electron chi connectivity index (χ1n) is 10.00. The van der Waals surface area contributed by atoms with Crippen molar-refractivity contribution in [2.45, 2.75) is 33.0 Å². The zero-order valence-electron chi connectivity index (χ0n) is 17.7. The highest BCUT2D eigenvalue weighted by Gasteiger charge is 2.15. The number of hydrogen-bond donors (Lipinski definition) is 1. The summed E-state index contributed by atoms with van der Waals surface area (Å²) >= 11 is 0. The highest BCUT2D eigenvalue weighted by atomic mass is 127. The van der Waals surface area contributed by atoms with Gasteiger partial charge in [-0.2, -0.15) is 0 Å². The highest BCUT2D eigenvalue weighted by Crippen LogP contribution is 2.32. The summed E-state index contributed by atoms with van der Waals surface area (Å²) in [5.41, 5.74) is 1.11. The van der Waals surface area contributed by atoms with Crippen LogP contribution in [0.3, 0.4) is 0 Å². The minimum Gasteiger partial charge on any atom is -0.467 e. The quantitative estimate of drug-likeness (QED) is 0.268. The van der Waals surface area contributed by atoms with E-state index in [9.17, 15) is 0 Å². The van der Waals surface area contributed by atoms with Gasteiger partial charge >= 0.3 is 0 Å². The summed E-state index contributed by atoms with van der Waals surface area (Å²) in [7, 11) is 2.01. The normalized spacial score (nSPS) is 12.5. The Morgan fingerprint density at radius 2 is 2.13 bits per heavy atom. The van der Waals surface area contributed by atoms with E-state index in [1.165, 1.54) is 0 Å². The number of ether oxygens (including phenoxy) is 2. The molecule has 0 aliphatic carbocycles. The van der Waals surface area contributed by atoms with E-state index in [4.69, 9.17) is 18.9 Å². The number of aryl methyl sites for hydroxylation is 1. The molecule has 1 aromatic carbocycles. The number of nitrogens with zero attached hydrogens (tertiary/aromatic N) is 5. The number of furan rings is 1. The molecular formula is C21H27IN6O3. The molecule has 0 saturated carbocycles. The predicted octanol–water partition coefficient (Wildman–Crippen LogP) is 3.06. The molecule has 0 saturated heterocycles. The molecule has 10 heteroatoms. The van der Waals surface area contributed by atoms with Gasteiger partial charge in [-0.15, -0.1) is 34.2 Å². The third kappa shape index (κ3) is 5.90. The monoisotopic (exact) mass is 538 g/mol. The van der Waals surface area contributed by atoms with Gasteiger partial charge in [-0.1, -0.05) is 13.0 Å². The lowest BCUT2D eigenvalue weighted by atomic mass is 10.2. The van der Waals surface area contributed by atoms with E-state index in [2.05, 4.69) is 31.9 Å². The second-order valence-electron chi connectivity index (χ2n) is 6.98. The first kappa shape index (κ1) is 22.9. The van der Waals surface area contributed by atoms with Gasteiger partial charge < -0.3 is 28.7 Å². The Balaban J connectivity index is 0.00000272. The molecule has 2 aromatic heterocycles. The van der Waals surface area contributed by atoms with Crippen molar-refractivity contribution in [2.24, 2.45) is 4.99 Å². The van der Waals surface area contributed by atoms with E-state index >= 15 is 0 Å². The molecule has 3 heterocycles. The number of benzene rings is 1. The Labute approximate surface area is 198 Å². The standard InChI is InChI=1S/C21H26N6O3.HI/c1-3-20-25-24-14-27(20)9-8-22-21(23-12-17-5-4-10-28-17)26(2)13-16-6-7-18-19(11-16)30-15-29-18;/h4-7,10-11,14H,3,8-9,12-13,15H2,1-2H3,(H,22,23);1H. The van der Waals surface area contributed by atoms with Crippen LogP contribution in [0.5, 0.6) is 11.5 Å². The minimum atomic E-state index is 0. The summed E-state index contributed by atoms with van der Waals surface area (Å²) in [6.45, 7) is 4.95. The average Bonchev–Trinajstić information content (AvgIpc) is 3.51. The molecule has 4 rings (SSSR count). The predicted molar refractivity (Wildman–Crippen MR) is 127 cm³/mol. The summed E-state index contributed by atoms with van der Waals surface area (Å²) in [5.74, 6) is 4.14. The van der Waals surface area contributed by atoms with Crippen LogP contribution < -0.4 is 14.8 Å². The first-order valence-corrected chi connectivity index (χ1v) is 10.00. The number of aliphatic imine (C=N–C) groups is 1. The molecule has 31 heavy (non-hydrogen) atoms. The smallest absolute Gasteiger partial charge is 0.231 e. The van der Waals surface area contributed by atoms with Crippen LogP contribution in [0.4, 0.5) is 0 Å². The van der Waals surface area contributed by atoms with Gasteiger partial charge in [-0.25, -0.2) is 4.99 Å². The van der Waals surface area contributed by atoms with E-state index in [1.54, 1.807) is 12.6 Å². The summed E-state index contributed by atoms with van der Waals surface area (Å²) < 4.78 is 18.4. The summed E-state index contributed by atoms with van der Waals surface area (Å²) in [6.07, 6.45) is 4.27. The van der Waals surface area contributed by atoms with Gasteiger partial charge in [0.1, 0.15) is 24.5 Å². The summed E-state index contributed by atoms with van der Waals surface area (Å²) in [5, 5.41) is 11.6. The molecule has 0 radical (unpaired) electrons. The molecule has 1 aliphatic heterocycles. The maximum absolute atomic E-state index is 5.49. The van der Waals surface area contributed by atoms with Crippen molar-refractivity contribution in [1.29, 1.82) is 0 Å². The van der Waals surface area contributed by atoms with Gasteiger partial charge in [0.2, 0.25) is 6.79 Å². The number of halogens is 1. The Bertz CT molecular complexity index is 989. The largest absolute Gasteiger partial charge is 0.467 e. The van der Waals surface area contributed by atoms with Crippen LogP contribution in [-0.2, 0) is 26.1 Å². The fraction of sp³-hybridized carbons (Fsp3) is 0.381. The Morgan fingerprint density at radius 1 is 1.26 bits per heavy atom. The highest BCUT2D eigenvalue weighted by molar-refractivity contribution is 14.0. The van der Waals surface area contributed by atoms with Crippen molar-refractivity contribution < 1.29 is 13.9 Å². The molecule has 0 bridgehead atoms. The van der Waals surface area contributed by atoms with Crippen molar-refractivity contribution in [2.75, 3.05) is 20.4 Å². The Morgan fingerprint density at radius 3 is 2.94 bits per heavy atom. The summed E-state index contributed by atoms with van der Waals surface area (Å²) in [6, 6.07) is 9.78. The van der Waals surface area contributed by atoms with Crippen molar-refractivity contribution in [3.05, 3.63) is 60.1 Å². The van der Waals surface area contributed by atoms with Crippen LogP contribution in [0, 0.1) is 0 Å². The van der Waals surface area contributed by atoms with Gasteiger partial charge in [-0.05, 0) is 29.8 Å². The molecule has 0 unspecified atom stereocenters. The zero-order valence-corrected chi connectivity index (χ0v) is 20.0. The van der Waals surface area contributed by atoms with Crippen LogP contribution >= 0.6 is 24.0 Å². The van der Waals surface area contributed by atoms with E-state index in [0.717, 1.165) is 47.6 Å². The van der Waals surface area contributed by atoms with Gasteiger partial charge in [0, 0.05) is 33.1 Å². The van der Waals surface area contributed by atoms with Gasteiger partial charge in [-0.3, -0.25) is 0 Å². The van der Waals surface area contributed by atoms with Crippen LogP contribution in [0.2, 0.25) is 0 Å². The molecule has 0 amide bonds. The molecule has 9 nitrogen and oxygen atoms in total. The van der Waals surface area contributed by atoms with Crippen LogP contribution in [0.25, 0.3) is 0 Å². The van der Waals surface area contributed by atoms with E-state index in [-0.39, 0.29) is 30.8 Å². The topological polar surface area (TPSA) is 89.9 Å². The first-order chi connectivity index (χ1) is 14.7. The van der Waals surface area contributed by atoms with Gasteiger partial charge in [0.25, 0.3) is 0 Å². The lowest BCUT2D eigenvalue weighted by molar-refractivity contribution is 0.174. The van der Waals surface area contributed by atoms with Crippen LogP contribution in [0.15, 0.2) is 52.3 Å². The van der Waals surface area contributed by atoms with Crippen LogP contribution in [0.1, 0.15) is 24.1 Å². The van der Waals surface area contributed by atoms with Crippen molar-refractivity contribution in [3.8, 4) is 11.5 Å². The second-order valence-corrected chi connectivity index (χ2v) is 6.98. The average molecular weight is 538 g/mol. The van der Waals surface area contributed by atoms with Crippen LogP contribution in [-0.4, -0.2) is 46.0 Å². The maximum Gasteiger partial charge on any atom is 0.231 e. The number of guanidine groups is 1. The third-order valence-electron chi connectivity index (χ3n) is 4.83. The van der Waals surface area contributed by atoms with Crippen molar-refractivity contribution in [3.63, 3.8) is 0 Å². The number of rotatable bonds is 8. The van der Waals surface area contributed by atoms with Gasteiger partial charge in [0.15, 0.2) is 17.5 Å². The number of aromatic nitrogens is 3. The molecule has 0 fully saturated rings. The van der Waals surface area contributed by atoms with Crippen molar-refractivity contribution in [1.82, 2.24) is 25.0 Å². The molecular weight excluding hydrogens is 511 g/mol. The Kier molecular flexibility index (Phi) is 8.15. The van der Waals surface area contributed by atoms with Crippen molar-refractivity contribution >= 4 is 29.9 Å². The lowest BCUT2D eigenvalue weighted by Crippen LogP contribution is -2.40. The van der Waals surface area contributed by atoms with E-state index < -0.39 is 0 Å². The van der Waals surface area contributed by atoms with E-state index in [0.29, 0.717) is 19.6 Å². The molecule has 1 N–H and O–H groups in total. The molecule has 0 spiro atoms. The second kappa shape index (κ2) is 11.0. The Hall–Kier alpha value is -2.76. The lowest BCUT2D eigenvalue weighted by Gasteiger charge is -2.23. The summed E-state index contributed by atoms with van der Waals surface area (Å²) in [4.78, 5) is 6.81. The molecule has 1 aliphatic rings. The molecule has 3 aromatic rings. The van der Waals surface area contributed by atoms with Gasteiger partial charge in [0.05, 0.1) is 6.26 Å². The SMILES string of the molecule is CCc1nncn1CCNC(=NCc1ccco1)N(C)Cc1ccc2c(c1)OCO2.I. The zero-order chi connectivity index (χ0) is 20.8. The third-order valence-corrected chi connectivity index (χ3v) is 4.83. The number of nitrogens with one attached hydrogen (secondary N) is 1. The fourth-order valence-corrected chi connectivity index (χ4v) is 3.28. The number of hydrogen-bond acceptors (Lipinski definition) is 6.